The maximum absolute atomic E-state index is 11.5. The van der Waals surface area contributed by atoms with Crippen molar-refractivity contribution in [3.05, 3.63) is 0 Å². The van der Waals surface area contributed by atoms with Crippen molar-refractivity contribution in [2.45, 2.75) is 84.7 Å². The van der Waals surface area contributed by atoms with Gasteiger partial charge in [-0.1, -0.05) is 46.0 Å². The lowest BCUT2D eigenvalue weighted by atomic mass is 10.1. The van der Waals surface area contributed by atoms with Gasteiger partial charge < -0.3 is 9.47 Å². The van der Waals surface area contributed by atoms with Gasteiger partial charge in [0.05, 0.1) is 0 Å². The second-order valence-corrected chi connectivity index (χ2v) is 5.25. The highest BCUT2D eigenvalue weighted by atomic mass is 16.6. The molecular weight excluding hydrogens is 256 g/mol. The van der Waals surface area contributed by atoms with E-state index < -0.39 is 0 Å². The molecule has 20 heavy (non-hydrogen) atoms. The molecule has 0 radical (unpaired) electrons. The molecule has 0 aliphatic rings. The molecule has 4 nitrogen and oxygen atoms in total. The van der Waals surface area contributed by atoms with Gasteiger partial charge in [0.2, 0.25) is 0 Å². The Morgan fingerprint density at radius 2 is 1.45 bits per heavy atom. The molecule has 0 aromatic heterocycles. The summed E-state index contributed by atoms with van der Waals surface area (Å²) in [6, 6.07) is 0. The fourth-order valence-electron chi connectivity index (χ4n) is 1.79. The largest absolute Gasteiger partial charge is 0.462 e. The molecule has 0 bridgehead atoms. The van der Waals surface area contributed by atoms with E-state index >= 15 is 0 Å². The van der Waals surface area contributed by atoms with Gasteiger partial charge in [-0.2, -0.15) is 0 Å². The van der Waals surface area contributed by atoms with Crippen molar-refractivity contribution in [1.82, 2.24) is 0 Å². The standard InChI is InChI=1S/C16H30O4/c1-4-6-8-9-10-12-16(18)20-14(3)13-19-15(17)11-7-5-2/h14H,4-13H2,1-3H3. The quantitative estimate of drug-likeness (QED) is 0.402. The maximum Gasteiger partial charge on any atom is 0.306 e. The van der Waals surface area contributed by atoms with E-state index in [0.29, 0.717) is 12.8 Å². The fraction of sp³-hybridized carbons (Fsp3) is 0.875. The molecule has 0 saturated carbocycles. The molecule has 0 N–H and O–H groups in total. The Morgan fingerprint density at radius 1 is 0.850 bits per heavy atom. The number of esters is 2. The summed E-state index contributed by atoms with van der Waals surface area (Å²) in [6.07, 6.45) is 7.89. The number of carbonyl (C=O) groups is 2. The van der Waals surface area contributed by atoms with Crippen molar-refractivity contribution >= 4 is 11.9 Å². The van der Waals surface area contributed by atoms with Gasteiger partial charge in [-0.05, 0) is 19.8 Å². The summed E-state index contributed by atoms with van der Waals surface area (Å²) in [5.41, 5.74) is 0. The van der Waals surface area contributed by atoms with Gasteiger partial charge in [0.25, 0.3) is 0 Å². The first kappa shape index (κ1) is 18.9. The van der Waals surface area contributed by atoms with Gasteiger partial charge in [0, 0.05) is 12.8 Å². The average molecular weight is 286 g/mol. The third-order valence-corrected chi connectivity index (χ3v) is 3.03. The van der Waals surface area contributed by atoms with Crippen LogP contribution in [0.1, 0.15) is 78.6 Å². The summed E-state index contributed by atoms with van der Waals surface area (Å²) in [5.74, 6) is -0.409. The zero-order valence-corrected chi connectivity index (χ0v) is 13.3. The second-order valence-electron chi connectivity index (χ2n) is 5.25. The third-order valence-electron chi connectivity index (χ3n) is 3.03. The summed E-state index contributed by atoms with van der Waals surface area (Å²) in [6.45, 7) is 6.10. The van der Waals surface area contributed by atoms with Gasteiger partial charge >= 0.3 is 11.9 Å². The van der Waals surface area contributed by atoms with E-state index in [9.17, 15) is 9.59 Å². The minimum absolute atomic E-state index is 0.157. The topological polar surface area (TPSA) is 52.6 Å². The Balaban J connectivity index is 3.56. The summed E-state index contributed by atoms with van der Waals surface area (Å²) in [5, 5.41) is 0. The van der Waals surface area contributed by atoms with E-state index in [0.717, 1.165) is 25.7 Å². The molecule has 0 fully saturated rings. The first-order chi connectivity index (χ1) is 9.60. The predicted octanol–water partition coefficient (Wildman–Crippen LogP) is 4.01. The highest BCUT2D eigenvalue weighted by Gasteiger charge is 2.11. The van der Waals surface area contributed by atoms with E-state index in [1.165, 1.54) is 19.3 Å². The van der Waals surface area contributed by atoms with E-state index in [4.69, 9.17) is 9.47 Å². The van der Waals surface area contributed by atoms with Crippen LogP contribution in [0.3, 0.4) is 0 Å². The molecule has 0 spiro atoms. The highest BCUT2D eigenvalue weighted by Crippen LogP contribution is 2.07. The molecule has 0 saturated heterocycles. The fourth-order valence-corrected chi connectivity index (χ4v) is 1.79. The Hall–Kier alpha value is -1.06. The second kappa shape index (κ2) is 12.9. The van der Waals surface area contributed by atoms with E-state index in [-0.39, 0.29) is 24.6 Å². The first-order valence-electron chi connectivity index (χ1n) is 7.95. The number of unbranched alkanes of at least 4 members (excludes halogenated alkanes) is 5. The molecule has 118 valence electrons. The molecule has 0 aliphatic carbocycles. The lowest BCUT2D eigenvalue weighted by Gasteiger charge is -2.13. The van der Waals surface area contributed by atoms with Gasteiger partial charge in [-0.25, -0.2) is 0 Å². The number of hydrogen-bond acceptors (Lipinski definition) is 4. The monoisotopic (exact) mass is 286 g/mol. The van der Waals surface area contributed by atoms with Crippen LogP contribution in [-0.4, -0.2) is 24.6 Å². The molecule has 1 atom stereocenters. The van der Waals surface area contributed by atoms with Crippen molar-refractivity contribution in [3.8, 4) is 0 Å². The van der Waals surface area contributed by atoms with Crippen molar-refractivity contribution in [2.24, 2.45) is 0 Å². The summed E-state index contributed by atoms with van der Waals surface area (Å²) in [4.78, 5) is 22.8. The van der Waals surface area contributed by atoms with E-state index in [2.05, 4.69) is 6.92 Å². The smallest absolute Gasteiger partial charge is 0.306 e. The summed E-state index contributed by atoms with van der Waals surface area (Å²) in [7, 11) is 0. The maximum atomic E-state index is 11.5. The minimum Gasteiger partial charge on any atom is -0.462 e. The van der Waals surface area contributed by atoms with Crippen molar-refractivity contribution < 1.29 is 19.1 Å². The van der Waals surface area contributed by atoms with Crippen molar-refractivity contribution in [2.75, 3.05) is 6.61 Å². The van der Waals surface area contributed by atoms with Crippen LogP contribution < -0.4 is 0 Å². The van der Waals surface area contributed by atoms with Crippen LogP contribution in [0.4, 0.5) is 0 Å². The van der Waals surface area contributed by atoms with Crippen LogP contribution in [0.2, 0.25) is 0 Å². The van der Waals surface area contributed by atoms with Crippen LogP contribution >= 0.6 is 0 Å². The zero-order chi connectivity index (χ0) is 15.2. The van der Waals surface area contributed by atoms with Crippen LogP contribution in [0.15, 0.2) is 0 Å². The number of hydrogen-bond donors (Lipinski definition) is 0. The molecule has 1 unspecified atom stereocenters. The normalized spacial score (nSPS) is 11.9. The molecule has 0 amide bonds. The van der Waals surface area contributed by atoms with E-state index in [1.54, 1.807) is 6.92 Å². The van der Waals surface area contributed by atoms with Gasteiger partial charge in [-0.15, -0.1) is 0 Å². The van der Waals surface area contributed by atoms with Crippen LogP contribution in [0.5, 0.6) is 0 Å². The molecule has 0 rings (SSSR count). The minimum atomic E-state index is -0.358. The Kier molecular flexibility index (Phi) is 12.3. The zero-order valence-electron chi connectivity index (χ0n) is 13.3. The van der Waals surface area contributed by atoms with Crippen molar-refractivity contribution in [3.63, 3.8) is 0 Å². The Labute approximate surface area is 123 Å². The van der Waals surface area contributed by atoms with E-state index in [1.807, 2.05) is 6.92 Å². The van der Waals surface area contributed by atoms with Crippen LogP contribution in [-0.2, 0) is 19.1 Å². The first-order valence-corrected chi connectivity index (χ1v) is 7.95. The lowest BCUT2D eigenvalue weighted by Crippen LogP contribution is -2.22. The Morgan fingerprint density at radius 3 is 2.10 bits per heavy atom. The molecule has 4 heteroatoms. The van der Waals surface area contributed by atoms with Gasteiger partial charge in [-0.3, -0.25) is 9.59 Å². The summed E-state index contributed by atoms with van der Waals surface area (Å²) >= 11 is 0. The highest BCUT2D eigenvalue weighted by molar-refractivity contribution is 5.70. The van der Waals surface area contributed by atoms with Crippen LogP contribution in [0, 0.1) is 0 Å². The predicted molar refractivity (Wildman–Crippen MR) is 79.4 cm³/mol. The van der Waals surface area contributed by atoms with Gasteiger partial charge in [0.15, 0.2) is 0 Å². The SMILES string of the molecule is CCCCCCCC(=O)OC(C)COC(=O)CCCC. The summed E-state index contributed by atoms with van der Waals surface area (Å²) < 4.78 is 10.2. The molecule has 0 aromatic rings. The average Bonchev–Trinajstić information content (AvgIpc) is 2.42. The molecule has 0 aliphatic heterocycles. The van der Waals surface area contributed by atoms with Crippen molar-refractivity contribution in [1.29, 1.82) is 0 Å². The lowest BCUT2D eigenvalue weighted by molar-refractivity contribution is -0.158. The number of rotatable bonds is 12. The Bertz CT molecular complexity index is 263. The van der Waals surface area contributed by atoms with Gasteiger partial charge in [0.1, 0.15) is 12.7 Å². The molecular formula is C16H30O4. The van der Waals surface area contributed by atoms with Crippen LogP contribution in [0.25, 0.3) is 0 Å². The molecule has 0 heterocycles. The third kappa shape index (κ3) is 12.0. The molecule has 0 aromatic carbocycles. The number of carbonyl (C=O) groups excluding carboxylic acids is 2. The number of ether oxygens (including phenoxy) is 2.